The van der Waals surface area contributed by atoms with Gasteiger partial charge in [-0.3, -0.25) is 4.79 Å². The zero-order valence-electron chi connectivity index (χ0n) is 24.2. The number of likely N-dealkylation sites (N-methyl/N-ethyl adjacent to an activating group) is 1. The number of fused-ring (bicyclic) bond motifs is 1. The molecule has 0 bridgehead atoms. The van der Waals surface area contributed by atoms with Crippen molar-refractivity contribution in [3.8, 4) is 5.69 Å². The van der Waals surface area contributed by atoms with E-state index < -0.39 is 10.0 Å². The summed E-state index contributed by atoms with van der Waals surface area (Å²) in [5.74, 6) is 0.557. The monoisotopic (exact) mass is 573 g/mol. The van der Waals surface area contributed by atoms with Gasteiger partial charge < -0.3 is 14.2 Å². The van der Waals surface area contributed by atoms with Crippen molar-refractivity contribution in [2.75, 3.05) is 37.7 Å². The Kier molecular flexibility index (Phi) is 7.66. The number of hydrogen-bond donors (Lipinski definition) is 0. The lowest BCUT2D eigenvalue weighted by molar-refractivity contribution is -0.112. The second-order valence-electron chi connectivity index (χ2n) is 11.4. The number of amides is 1. The van der Waals surface area contributed by atoms with Gasteiger partial charge in [-0.05, 0) is 93.1 Å². The highest BCUT2D eigenvalue weighted by molar-refractivity contribution is 7.89. The molecule has 3 heterocycles. The third-order valence-electron chi connectivity index (χ3n) is 8.95. The summed E-state index contributed by atoms with van der Waals surface area (Å²) in [5, 5.41) is 0. The number of benzene rings is 2. The van der Waals surface area contributed by atoms with Crippen molar-refractivity contribution in [2.24, 2.45) is 0 Å². The molecule has 0 N–H and O–H groups in total. The summed E-state index contributed by atoms with van der Waals surface area (Å²) in [6.07, 6.45) is 8.47. The van der Waals surface area contributed by atoms with Gasteiger partial charge in [0.05, 0.1) is 23.8 Å². The van der Waals surface area contributed by atoms with Gasteiger partial charge in [-0.2, -0.15) is 4.31 Å². The first kappa shape index (κ1) is 27.9. The number of nitrogens with zero attached hydrogens (tertiary/aromatic N) is 3. The molecule has 8 heteroatoms. The van der Waals surface area contributed by atoms with Crippen LogP contribution in [0.15, 0.2) is 53.4 Å². The molecule has 1 aromatic heterocycles. The molecule has 0 radical (unpaired) electrons. The van der Waals surface area contributed by atoms with Crippen LogP contribution < -0.4 is 4.90 Å². The predicted molar refractivity (Wildman–Crippen MR) is 163 cm³/mol. The molecule has 1 aliphatic carbocycles. The molecule has 0 spiro atoms. The van der Waals surface area contributed by atoms with Gasteiger partial charge >= 0.3 is 0 Å². The van der Waals surface area contributed by atoms with E-state index in [1.165, 1.54) is 42.0 Å². The molecular formula is C33H39N3O4S. The molecule has 0 unspecified atom stereocenters. The predicted octanol–water partition coefficient (Wildman–Crippen LogP) is 6.07. The zero-order chi connectivity index (χ0) is 28.7. The Labute approximate surface area is 243 Å². The van der Waals surface area contributed by atoms with Gasteiger partial charge in [0, 0.05) is 47.8 Å². The SMILES string of the molecule is CCN1C(=O)/C(=C\c2cc(C)n(-c3ccc(C4CCCCC4)cc3)c2C)c2cc(S(=O)(=O)N3CCOCC3)ccc21. The van der Waals surface area contributed by atoms with Crippen LogP contribution in [0, 0.1) is 13.8 Å². The number of rotatable bonds is 6. The minimum absolute atomic E-state index is 0.106. The number of carbonyl (C=O) groups is 1. The Hall–Kier alpha value is -3.20. The molecule has 1 saturated heterocycles. The van der Waals surface area contributed by atoms with Crippen LogP contribution in [0.3, 0.4) is 0 Å². The molecule has 3 aliphatic rings. The average Bonchev–Trinajstić information content (AvgIpc) is 3.44. The van der Waals surface area contributed by atoms with E-state index in [-0.39, 0.29) is 10.8 Å². The highest BCUT2D eigenvalue weighted by Gasteiger charge is 2.34. The lowest BCUT2D eigenvalue weighted by Crippen LogP contribution is -2.40. The van der Waals surface area contributed by atoms with E-state index in [0.29, 0.717) is 49.9 Å². The van der Waals surface area contributed by atoms with Crippen molar-refractivity contribution in [1.82, 2.24) is 8.87 Å². The quantitative estimate of drug-likeness (QED) is 0.336. The van der Waals surface area contributed by atoms with E-state index in [9.17, 15) is 13.2 Å². The fraction of sp³-hybridized carbons (Fsp3) is 0.424. The van der Waals surface area contributed by atoms with Crippen molar-refractivity contribution in [2.45, 2.75) is 63.7 Å². The summed E-state index contributed by atoms with van der Waals surface area (Å²) in [4.78, 5) is 15.5. The van der Waals surface area contributed by atoms with Gasteiger partial charge in [-0.25, -0.2) is 8.42 Å². The number of aryl methyl sites for hydroxylation is 1. The van der Waals surface area contributed by atoms with Crippen molar-refractivity contribution < 1.29 is 17.9 Å². The maximum absolute atomic E-state index is 13.6. The molecule has 1 saturated carbocycles. The summed E-state index contributed by atoms with van der Waals surface area (Å²) in [6, 6.07) is 16.1. The van der Waals surface area contributed by atoms with Gasteiger partial charge in [0.25, 0.3) is 5.91 Å². The Morgan fingerprint density at radius 1 is 0.951 bits per heavy atom. The molecule has 0 atom stereocenters. The van der Waals surface area contributed by atoms with Gasteiger partial charge in [-0.1, -0.05) is 31.4 Å². The summed E-state index contributed by atoms with van der Waals surface area (Å²) in [7, 11) is -3.69. The fourth-order valence-electron chi connectivity index (χ4n) is 6.70. The molecule has 1 amide bonds. The van der Waals surface area contributed by atoms with Crippen molar-refractivity contribution in [1.29, 1.82) is 0 Å². The van der Waals surface area contributed by atoms with E-state index >= 15 is 0 Å². The van der Waals surface area contributed by atoms with Crippen LogP contribution in [0.25, 0.3) is 17.3 Å². The van der Waals surface area contributed by atoms with E-state index in [4.69, 9.17) is 4.74 Å². The Morgan fingerprint density at radius 2 is 1.66 bits per heavy atom. The van der Waals surface area contributed by atoms with Crippen LogP contribution in [-0.4, -0.2) is 56.0 Å². The lowest BCUT2D eigenvalue weighted by Gasteiger charge is -2.26. The second kappa shape index (κ2) is 11.2. The lowest BCUT2D eigenvalue weighted by atomic mass is 9.84. The van der Waals surface area contributed by atoms with Crippen LogP contribution in [0.2, 0.25) is 0 Å². The van der Waals surface area contributed by atoms with Crippen molar-refractivity contribution >= 4 is 33.3 Å². The first-order chi connectivity index (χ1) is 19.8. The van der Waals surface area contributed by atoms with Crippen LogP contribution in [0.1, 0.15) is 73.0 Å². The first-order valence-corrected chi connectivity index (χ1v) is 16.3. The van der Waals surface area contributed by atoms with Crippen LogP contribution in [0.5, 0.6) is 0 Å². The van der Waals surface area contributed by atoms with E-state index in [1.807, 2.05) is 13.0 Å². The Bertz CT molecular complexity index is 1590. The summed E-state index contributed by atoms with van der Waals surface area (Å²) >= 11 is 0. The van der Waals surface area contributed by atoms with Crippen molar-refractivity contribution in [3.05, 3.63) is 76.6 Å². The molecule has 41 heavy (non-hydrogen) atoms. The summed E-state index contributed by atoms with van der Waals surface area (Å²) in [5.41, 5.74) is 7.54. The number of aromatic nitrogens is 1. The van der Waals surface area contributed by atoms with Crippen molar-refractivity contribution in [3.63, 3.8) is 0 Å². The summed E-state index contributed by atoms with van der Waals surface area (Å²) in [6.45, 7) is 8.03. The molecule has 2 aromatic carbocycles. The first-order valence-electron chi connectivity index (χ1n) is 14.8. The van der Waals surface area contributed by atoms with Crippen LogP contribution in [0.4, 0.5) is 5.69 Å². The minimum atomic E-state index is -3.69. The molecule has 2 fully saturated rings. The zero-order valence-corrected chi connectivity index (χ0v) is 25.0. The van der Waals surface area contributed by atoms with Crippen LogP contribution >= 0.6 is 0 Å². The summed E-state index contributed by atoms with van der Waals surface area (Å²) < 4.78 is 35.9. The maximum atomic E-state index is 13.6. The topological polar surface area (TPSA) is 71.9 Å². The number of ether oxygens (including phenoxy) is 1. The number of morpholine rings is 1. The number of hydrogen-bond acceptors (Lipinski definition) is 4. The Morgan fingerprint density at radius 3 is 2.34 bits per heavy atom. The third-order valence-corrected chi connectivity index (χ3v) is 10.8. The molecule has 6 rings (SSSR count). The van der Waals surface area contributed by atoms with Gasteiger partial charge in [0.1, 0.15) is 0 Å². The highest BCUT2D eigenvalue weighted by atomic mass is 32.2. The maximum Gasteiger partial charge on any atom is 0.258 e. The molecule has 216 valence electrons. The molecular weight excluding hydrogens is 534 g/mol. The van der Waals surface area contributed by atoms with E-state index in [0.717, 1.165) is 28.3 Å². The van der Waals surface area contributed by atoms with Crippen LogP contribution in [-0.2, 0) is 19.6 Å². The number of anilines is 1. The Balaban J connectivity index is 1.36. The van der Waals surface area contributed by atoms with E-state index in [2.05, 4.69) is 48.7 Å². The molecule has 2 aliphatic heterocycles. The fourth-order valence-corrected chi connectivity index (χ4v) is 8.14. The molecule has 3 aromatic rings. The average molecular weight is 574 g/mol. The normalized spacial score (nSPS) is 19.7. The van der Waals surface area contributed by atoms with Gasteiger partial charge in [0.15, 0.2) is 0 Å². The number of sulfonamides is 1. The number of carbonyl (C=O) groups excluding carboxylic acids is 1. The molecule has 7 nitrogen and oxygen atoms in total. The standard InChI is InChI=1S/C33H39N3O4S/c1-4-35-32-15-14-29(41(38,39)34-16-18-40-19-17-34)22-30(32)31(33(35)37)21-27-20-23(2)36(24(27)3)28-12-10-26(11-13-28)25-8-6-5-7-9-25/h10-15,20-22,25H,4-9,16-19H2,1-3H3/b31-21-. The van der Waals surface area contributed by atoms with Gasteiger partial charge in [0.2, 0.25) is 10.0 Å². The third kappa shape index (κ3) is 5.07. The second-order valence-corrected chi connectivity index (χ2v) is 13.3. The highest BCUT2D eigenvalue weighted by Crippen LogP contribution is 2.40. The minimum Gasteiger partial charge on any atom is -0.379 e. The van der Waals surface area contributed by atoms with E-state index in [1.54, 1.807) is 23.1 Å². The smallest absolute Gasteiger partial charge is 0.258 e. The van der Waals surface area contributed by atoms with Gasteiger partial charge in [-0.15, -0.1) is 0 Å². The largest absolute Gasteiger partial charge is 0.379 e.